The minimum Gasteiger partial charge on any atom is -0.480 e. The molecule has 2 rings (SSSR count). The summed E-state index contributed by atoms with van der Waals surface area (Å²) in [6.07, 6.45) is 4.81. The minimum absolute atomic E-state index is 0.0198. The second-order valence-corrected chi connectivity index (χ2v) is 5.43. The van der Waals surface area contributed by atoms with E-state index in [1.54, 1.807) is 0 Å². The molecule has 0 aromatic heterocycles. The lowest BCUT2D eigenvalue weighted by Crippen LogP contribution is -2.44. The minimum atomic E-state index is -1.00. The molecule has 2 aliphatic carbocycles. The van der Waals surface area contributed by atoms with Gasteiger partial charge < -0.3 is 20.6 Å². The average molecular weight is 283 g/mol. The predicted molar refractivity (Wildman–Crippen MR) is 71.2 cm³/mol. The fourth-order valence-corrected chi connectivity index (χ4v) is 1.97. The molecule has 7 nitrogen and oxygen atoms in total. The van der Waals surface area contributed by atoms with Crippen LogP contribution < -0.4 is 10.6 Å². The van der Waals surface area contributed by atoms with Crippen LogP contribution in [-0.2, 0) is 9.59 Å². The molecule has 0 heterocycles. The monoisotopic (exact) mass is 283 g/mol. The smallest absolute Gasteiger partial charge is 0.323 e. The van der Waals surface area contributed by atoms with Gasteiger partial charge >= 0.3 is 12.0 Å². The molecule has 2 aliphatic rings. The van der Waals surface area contributed by atoms with Crippen LogP contribution in [0.3, 0.4) is 0 Å². The SMILES string of the molecule is O=C(O)CN(C(=O)NCCCC(=O)NC1CC1)C1CC1. The average Bonchev–Trinajstić information content (AvgIpc) is 3.23. The van der Waals surface area contributed by atoms with Crippen molar-refractivity contribution in [2.24, 2.45) is 0 Å². The van der Waals surface area contributed by atoms with Gasteiger partial charge in [-0.25, -0.2) is 4.79 Å². The standard InChI is InChI=1S/C13H21N3O4/c17-11(15-9-3-4-9)2-1-7-14-13(20)16(8-12(18)19)10-5-6-10/h9-10H,1-8H2,(H,14,20)(H,15,17)(H,18,19). The molecule has 0 aromatic rings. The summed E-state index contributed by atoms with van der Waals surface area (Å²) in [6, 6.07) is 0.0692. The van der Waals surface area contributed by atoms with Gasteiger partial charge in [-0.15, -0.1) is 0 Å². The highest BCUT2D eigenvalue weighted by Gasteiger charge is 2.33. The lowest BCUT2D eigenvalue weighted by atomic mass is 10.3. The maximum absolute atomic E-state index is 11.8. The lowest BCUT2D eigenvalue weighted by molar-refractivity contribution is -0.137. The Morgan fingerprint density at radius 2 is 1.85 bits per heavy atom. The van der Waals surface area contributed by atoms with E-state index in [2.05, 4.69) is 10.6 Å². The van der Waals surface area contributed by atoms with Crippen LogP contribution in [0.2, 0.25) is 0 Å². The van der Waals surface area contributed by atoms with Crippen LogP contribution in [0.25, 0.3) is 0 Å². The van der Waals surface area contributed by atoms with Crippen molar-refractivity contribution in [2.45, 2.75) is 50.6 Å². The van der Waals surface area contributed by atoms with E-state index in [1.165, 1.54) is 4.90 Å². The Morgan fingerprint density at radius 3 is 2.40 bits per heavy atom. The summed E-state index contributed by atoms with van der Waals surface area (Å²) in [5.41, 5.74) is 0. The van der Waals surface area contributed by atoms with E-state index in [1.807, 2.05) is 0 Å². The molecular formula is C13H21N3O4. The first kappa shape index (κ1) is 14.6. The molecule has 112 valence electrons. The van der Waals surface area contributed by atoms with Gasteiger partial charge in [0, 0.05) is 25.0 Å². The van der Waals surface area contributed by atoms with Gasteiger partial charge in [0.25, 0.3) is 0 Å². The zero-order valence-corrected chi connectivity index (χ0v) is 11.4. The maximum Gasteiger partial charge on any atom is 0.323 e. The zero-order valence-electron chi connectivity index (χ0n) is 11.4. The molecule has 3 N–H and O–H groups in total. The number of urea groups is 1. The first-order valence-corrected chi connectivity index (χ1v) is 7.12. The van der Waals surface area contributed by atoms with Crippen LogP contribution in [0.1, 0.15) is 38.5 Å². The van der Waals surface area contributed by atoms with E-state index >= 15 is 0 Å². The Kier molecular flexibility index (Phi) is 4.81. The molecule has 0 spiro atoms. The third-order valence-electron chi connectivity index (χ3n) is 3.35. The summed E-state index contributed by atoms with van der Waals surface area (Å²) < 4.78 is 0. The number of nitrogens with one attached hydrogen (secondary N) is 2. The molecule has 0 unspecified atom stereocenters. The normalized spacial score (nSPS) is 17.4. The summed E-state index contributed by atoms with van der Waals surface area (Å²) in [7, 11) is 0. The number of nitrogens with zero attached hydrogens (tertiary/aromatic N) is 1. The number of hydrogen-bond acceptors (Lipinski definition) is 3. The number of carbonyl (C=O) groups is 3. The molecule has 0 atom stereocenters. The van der Waals surface area contributed by atoms with Gasteiger partial charge in [0.15, 0.2) is 0 Å². The molecule has 2 saturated carbocycles. The van der Waals surface area contributed by atoms with Crippen LogP contribution >= 0.6 is 0 Å². The second kappa shape index (κ2) is 6.58. The molecule has 0 aliphatic heterocycles. The van der Waals surface area contributed by atoms with Crippen molar-refractivity contribution >= 4 is 17.9 Å². The van der Waals surface area contributed by atoms with Crippen molar-refractivity contribution in [3.05, 3.63) is 0 Å². The Labute approximate surface area is 117 Å². The van der Waals surface area contributed by atoms with Crippen molar-refractivity contribution in [3.8, 4) is 0 Å². The quantitative estimate of drug-likeness (QED) is 0.558. The highest BCUT2D eigenvalue weighted by molar-refractivity contribution is 5.80. The number of carbonyl (C=O) groups excluding carboxylic acids is 2. The molecule has 20 heavy (non-hydrogen) atoms. The third-order valence-corrected chi connectivity index (χ3v) is 3.35. The van der Waals surface area contributed by atoms with Crippen molar-refractivity contribution in [2.75, 3.05) is 13.1 Å². The Hall–Kier alpha value is -1.79. The van der Waals surface area contributed by atoms with E-state index in [0.29, 0.717) is 25.4 Å². The molecule has 0 aromatic carbocycles. The molecule has 0 saturated heterocycles. The van der Waals surface area contributed by atoms with Crippen molar-refractivity contribution in [1.29, 1.82) is 0 Å². The van der Waals surface area contributed by atoms with Crippen molar-refractivity contribution in [3.63, 3.8) is 0 Å². The van der Waals surface area contributed by atoms with Gasteiger partial charge in [0.2, 0.25) is 5.91 Å². The van der Waals surface area contributed by atoms with Gasteiger partial charge in [0.05, 0.1) is 0 Å². The Bertz CT molecular complexity index is 391. The number of rotatable bonds is 8. The van der Waals surface area contributed by atoms with Crippen LogP contribution in [-0.4, -0.2) is 53.1 Å². The summed E-state index contributed by atoms with van der Waals surface area (Å²) >= 11 is 0. The van der Waals surface area contributed by atoms with Gasteiger partial charge in [-0.3, -0.25) is 9.59 Å². The topological polar surface area (TPSA) is 98.7 Å². The zero-order chi connectivity index (χ0) is 14.5. The van der Waals surface area contributed by atoms with E-state index < -0.39 is 5.97 Å². The number of hydrogen-bond donors (Lipinski definition) is 3. The largest absolute Gasteiger partial charge is 0.480 e. The van der Waals surface area contributed by atoms with E-state index in [4.69, 9.17) is 5.11 Å². The van der Waals surface area contributed by atoms with Crippen molar-refractivity contribution in [1.82, 2.24) is 15.5 Å². The van der Waals surface area contributed by atoms with E-state index in [0.717, 1.165) is 25.7 Å². The number of aliphatic carboxylic acids is 1. The molecule has 0 bridgehead atoms. The molecule has 3 amide bonds. The van der Waals surface area contributed by atoms with Crippen LogP contribution in [0, 0.1) is 0 Å². The Morgan fingerprint density at radius 1 is 1.15 bits per heavy atom. The highest BCUT2D eigenvalue weighted by Crippen LogP contribution is 2.26. The van der Waals surface area contributed by atoms with Crippen LogP contribution in [0.5, 0.6) is 0 Å². The van der Waals surface area contributed by atoms with E-state index in [9.17, 15) is 14.4 Å². The fourth-order valence-electron chi connectivity index (χ4n) is 1.97. The first-order chi connectivity index (χ1) is 9.56. The number of carboxylic acid groups (broad SMARTS) is 1. The molecular weight excluding hydrogens is 262 g/mol. The molecule has 0 radical (unpaired) electrons. The maximum atomic E-state index is 11.8. The predicted octanol–water partition coefficient (Wildman–Crippen LogP) is 0.304. The third kappa shape index (κ3) is 5.07. The van der Waals surface area contributed by atoms with Crippen LogP contribution in [0.15, 0.2) is 0 Å². The van der Waals surface area contributed by atoms with Crippen molar-refractivity contribution < 1.29 is 19.5 Å². The summed E-state index contributed by atoms with van der Waals surface area (Å²) in [4.78, 5) is 35.3. The van der Waals surface area contributed by atoms with Gasteiger partial charge in [-0.05, 0) is 32.1 Å². The second-order valence-electron chi connectivity index (χ2n) is 5.43. The Balaban J connectivity index is 1.60. The number of carboxylic acids is 1. The summed E-state index contributed by atoms with van der Waals surface area (Å²) in [6.45, 7) is 0.123. The van der Waals surface area contributed by atoms with Gasteiger partial charge in [0.1, 0.15) is 6.54 Å². The summed E-state index contributed by atoms with van der Waals surface area (Å²) in [5.74, 6) is -0.984. The first-order valence-electron chi connectivity index (χ1n) is 7.12. The highest BCUT2D eigenvalue weighted by atomic mass is 16.4. The lowest BCUT2D eigenvalue weighted by Gasteiger charge is -2.20. The van der Waals surface area contributed by atoms with Crippen LogP contribution in [0.4, 0.5) is 4.79 Å². The summed E-state index contributed by atoms with van der Waals surface area (Å²) in [5, 5.41) is 14.3. The fraction of sp³-hybridized carbons (Fsp3) is 0.769. The van der Waals surface area contributed by atoms with E-state index in [-0.39, 0.29) is 24.5 Å². The van der Waals surface area contributed by atoms with Gasteiger partial charge in [-0.2, -0.15) is 0 Å². The van der Waals surface area contributed by atoms with Gasteiger partial charge in [-0.1, -0.05) is 0 Å². The number of amides is 3. The molecule has 7 heteroatoms. The molecule has 2 fully saturated rings.